The molecule has 1 saturated heterocycles. The van der Waals surface area contributed by atoms with Crippen LogP contribution in [0.3, 0.4) is 0 Å². The molecule has 1 N–H and O–H groups in total. The highest BCUT2D eigenvalue weighted by Gasteiger charge is 2.59. The summed E-state index contributed by atoms with van der Waals surface area (Å²) >= 11 is 0. The maximum Gasteiger partial charge on any atom is 0.240 e. The van der Waals surface area contributed by atoms with Crippen LogP contribution in [-0.4, -0.2) is 35.2 Å². The van der Waals surface area contributed by atoms with E-state index in [0.717, 1.165) is 19.3 Å². The maximum absolute atomic E-state index is 12.6. The minimum atomic E-state index is -0.214. The zero-order valence-electron chi connectivity index (χ0n) is 14.4. The lowest BCUT2D eigenvalue weighted by Crippen LogP contribution is -2.48. The molecule has 0 radical (unpaired) electrons. The van der Waals surface area contributed by atoms with Crippen LogP contribution in [0.2, 0.25) is 0 Å². The van der Waals surface area contributed by atoms with Crippen LogP contribution in [0.4, 0.5) is 0 Å². The molecule has 24 heavy (non-hydrogen) atoms. The summed E-state index contributed by atoms with van der Waals surface area (Å²) < 4.78 is 0. The summed E-state index contributed by atoms with van der Waals surface area (Å²) in [6, 6.07) is 0.159. The van der Waals surface area contributed by atoms with Gasteiger partial charge in [-0.1, -0.05) is 38.8 Å². The molecule has 0 aromatic rings. The van der Waals surface area contributed by atoms with Crippen molar-refractivity contribution in [2.75, 3.05) is 6.54 Å². The highest BCUT2D eigenvalue weighted by atomic mass is 16.2. The standard InChI is InChI=1S/C19H26N2O3/c1-10-4-3-5-14(11(10)2)20-15(22)9-21-18(23)16-12-6-7-13(8-12)17(16)19(21)24/h6-7,10-14,16-17H,3-5,8-9H2,1-2H3,(H,20,22)/t10-,11-,12+,13+,14+,16-,17-/m1/s1. The van der Waals surface area contributed by atoms with E-state index in [1.165, 1.54) is 11.3 Å². The molecule has 1 aliphatic heterocycles. The van der Waals surface area contributed by atoms with E-state index in [2.05, 4.69) is 31.3 Å². The predicted molar refractivity (Wildman–Crippen MR) is 88.5 cm³/mol. The predicted octanol–water partition coefficient (Wildman–Crippen LogP) is 1.73. The quantitative estimate of drug-likeness (QED) is 0.633. The third kappa shape index (κ3) is 2.32. The molecule has 4 rings (SSSR count). The van der Waals surface area contributed by atoms with Crippen LogP contribution in [-0.2, 0) is 14.4 Å². The van der Waals surface area contributed by atoms with Gasteiger partial charge in [-0.3, -0.25) is 19.3 Å². The summed E-state index contributed by atoms with van der Waals surface area (Å²) in [6.07, 6.45) is 8.38. The van der Waals surface area contributed by atoms with E-state index in [0.29, 0.717) is 11.8 Å². The van der Waals surface area contributed by atoms with E-state index in [1.807, 2.05) is 0 Å². The third-order valence-corrected chi connectivity index (χ3v) is 6.92. The minimum Gasteiger partial charge on any atom is -0.352 e. The van der Waals surface area contributed by atoms with Crippen molar-refractivity contribution in [1.82, 2.24) is 10.2 Å². The lowest BCUT2D eigenvalue weighted by Gasteiger charge is -2.34. The number of amides is 3. The number of nitrogens with zero attached hydrogens (tertiary/aromatic N) is 1. The molecule has 0 aromatic carbocycles. The van der Waals surface area contributed by atoms with Crippen molar-refractivity contribution >= 4 is 17.7 Å². The number of imide groups is 1. The van der Waals surface area contributed by atoms with Gasteiger partial charge < -0.3 is 5.32 Å². The number of allylic oxidation sites excluding steroid dienone is 2. The average molecular weight is 330 g/mol. The van der Waals surface area contributed by atoms with Crippen molar-refractivity contribution in [3.8, 4) is 0 Å². The number of rotatable bonds is 3. The molecule has 0 unspecified atom stereocenters. The van der Waals surface area contributed by atoms with E-state index in [9.17, 15) is 14.4 Å². The second-order valence-electron chi connectivity index (χ2n) is 8.20. The Morgan fingerprint density at radius 2 is 1.75 bits per heavy atom. The molecule has 5 nitrogen and oxygen atoms in total. The molecule has 130 valence electrons. The highest BCUT2D eigenvalue weighted by Crippen LogP contribution is 2.52. The Balaban J connectivity index is 1.40. The lowest BCUT2D eigenvalue weighted by atomic mass is 9.78. The van der Waals surface area contributed by atoms with Gasteiger partial charge >= 0.3 is 0 Å². The fourth-order valence-corrected chi connectivity index (χ4v) is 5.30. The van der Waals surface area contributed by atoms with Gasteiger partial charge in [0.2, 0.25) is 17.7 Å². The fraction of sp³-hybridized carbons (Fsp3) is 0.737. The smallest absolute Gasteiger partial charge is 0.240 e. The Morgan fingerprint density at radius 1 is 1.12 bits per heavy atom. The molecule has 2 bridgehead atoms. The number of hydrogen-bond acceptors (Lipinski definition) is 3. The first kappa shape index (κ1) is 15.9. The number of fused-ring (bicyclic) bond motifs is 5. The molecule has 7 atom stereocenters. The summed E-state index contributed by atoms with van der Waals surface area (Å²) in [7, 11) is 0. The first-order valence-electron chi connectivity index (χ1n) is 9.30. The molecule has 0 aromatic heterocycles. The van der Waals surface area contributed by atoms with E-state index >= 15 is 0 Å². The molecule has 3 aliphatic carbocycles. The van der Waals surface area contributed by atoms with Crippen molar-refractivity contribution in [3.63, 3.8) is 0 Å². The van der Waals surface area contributed by atoms with Crippen LogP contribution in [0, 0.1) is 35.5 Å². The molecule has 5 heteroatoms. The number of nitrogens with one attached hydrogen (secondary N) is 1. The van der Waals surface area contributed by atoms with E-state index < -0.39 is 0 Å². The van der Waals surface area contributed by atoms with Gasteiger partial charge in [-0.15, -0.1) is 0 Å². The topological polar surface area (TPSA) is 66.5 Å². The molecule has 0 spiro atoms. The minimum absolute atomic E-state index is 0.109. The van der Waals surface area contributed by atoms with Gasteiger partial charge in [0.15, 0.2) is 0 Å². The van der Waals surface area contributed by atoms with E-state index in [4.69, 9.17) is 0 Å². The largest absolute Gasteiger partial charge is 0.352 e. The lowest BCUT2D eigenvalue weighted by molar-refractivity contribution is -0.144. The summed E-state index contributed by atoms with van der Waals surface area (Å²) in [5.74, 6) is 0.537. The summed E-state index contributed by atoms with van der Waals surface area (Å²) in [5.41, 5.74) is 0. The highest BCUT2D eigenvalue weighted by molar-refractivity contribution is 6.08. The molecule has 3 fully saturated rings. The van der Waals surface area contributed by atoms with Crippen molar-refractivity contribution in [2.24, 2.45) is 35.5 Å². The SMILES string of the molecule is C[C@@H]1[C@H](C)CCC[C@@H]1NC(=O)CN1C(=O)[C@H]2[C@H](C1=O)[C@H]1C=C[C@H]2C1. The summed E-state index contributed by atoms with van der Waals surface area (Å²) in [4.78, 5) is 38.9. The average Bonchev–Trinajstić information content (AvgIpc) is 3.22. The van der Waals surface area contributed by atoms with E-state index in [-0.39, 0.29) is 54.0 Å². The molecular weight excluding hydrogens is 304 g/mol. The molecular formula is C19H26N2O3. The van der Waals surface area contributed by atoms with Gasteiger partial charge in [0.25, 0.3) is 0 Å². The Bertz CT molecular complexity index is 584. The number of carbonyl (C=O) groups is 3. The molecule has 2 saturated carbocycles. The zero-order valence-corrected chi connectivity index (χ0v) is 14.4. The second-order valence-corrected chi connectivity index (χ2v) is 8.20. The first-order chi connectivity index (χ1) is 11.5. The normalized spacial score (nSPS) is 43.4. The van der Waals surface area contributed by atoms with Crippen LogP contribution >= 0.6 is 0 Å². The van der Waals surface area contributed by atoms with Crippen LogP contribution < -0.4 is 5.32 Å². The third-order valence-electron chi connectivity index (χ3n) is 6.92. The number of hydrogen-bond donors (Lipinski definition) is 1. The van der Waals surface area contributed by atoms with Crippen molar-refractivity contribution in [3.05, 3.63) is 12.2 Å². The Morgan fingerprint density at radius 3 is 2.38 bits per heavy atom. The fourth-order valence-electron chi connectivity index (χ4n) is 5.30. The van der Waals surface area contributed by atoms with Gasteiger partial charge in [0.1, 0.15) is 6.54 Å². The van der Waals surface area contributed by atoms with Crippen molar-refractivity contribution in [1.29, 1.82) is 0 Å². The van der Waals surface area contributed by atoms with Gasteiger partial charge in [0.05, 0.1) is 11.8 Å². The first-order valence-corrected chi connectivity index (χ1v) is 9.30. The maximum atomic E-state index is 12.6. The Kier molecular flexibility index (Phi) is 3.77. The van der Waals surface area contributed by atoms with Crippen LogP contribution in [0.15, 0.2) is 12.2 Å². The van der Waals surface area contributed by atoms with Crippen molar-refractivity contribution in [2.45, 2.75) is 45.6 Å². The zero-order chi connectivity index (χ0) is 17.0. The van der Waals surface area contributed by atoms with Gasteiger partial charge in [0, 0.05) is 6.04 Å². The Labute approximate surface area is 142 Å². The summed E-state index contributed by atoms with van der Waals surface area (Å²) in [6.45, 7) is 4.29. The van der Waals surface area contributed by atoms with Crippen LogP contribution in [0.1, 0.15) is 39.5 Å². The number of likely N-dealkylation sites (tertiary alicyclic amines) is 1. The van der Waals surface area contributed by atoms with Gasteiger partial charge in [-0.2, -0.15) is 0 Å². The number of carbonyl (C=O) groups excluding carboxylic acids is 3. The monoisotopic (exact) mass is 330 g/mol. The van der Waals surface area contributed by atoms with Gasteiger partial charge in [-0.25, -0.2) is 0 Å². The second kappa shape index (κ2) is 5.71. The Hall–Kier alpha value is -1.65. The summed E-state index contributed by atoms with van der Waals surface area (Å²) in [5, 5.41) is 3.07. The molecule has 3 amide bonds. The van der Waals surface area contributed by atoms with Crippen LogP contribution in [0.5, 0.6) is 0 Å². The molecule has 4 aliphatic rings. The van der Waals surface area contributed by atoms with Gasteiger partial charge in [-0.05, 0) is 36.5 Å². The van der Waals surface area contributed by atoms with E-state index in [1.54, 1.807) is 0 Å². The molecule has 1 heterocycles. The van der Waals surface area contributed by atoms with Crippen LogP contribution in [0.25, 0.3) is 0 Å². The van der Waals surface area contributed by atoms with Crippen molar-refractivity contribution < 1.29 is 14.4 Å².